The van der Waals surface area contributed by atoms with Gasteiger partial charge in [-0.15, -0.1) is 0 Å². The number of carbonyl (C=O) groups excluding carboxylic acids is 2. The lowest BCUT2D eigenvalue weighted by atomic mass is 9.71. The van der Waals surface area contributed by atoms with Crippen LogP contribution in [0, 0.1) is 11.2 Å². The minimum atomic E-state index is -0.530. The summed E-state index contributed by atoms with van der Waals surface area (Å²) in [5.41, 5.74) is 0.714. The predicted molar refractivity (Wildman–Crippen MR) is 109 cm³/mol. The fourth-order valence-electron chi connectivity index (χ4n) is 4.10. The summed E-state index contributed by atoms with van der Waals surface area (Å²) < 4.78 is 13.8. The summed E-state index contributed by atoms with van der Waals surface area (Å²) in [7, 11) is 0. The maximum absolute atomic E-state index is 13.7. The molecule has 0 N–H and O–H groups in total. The van der Waals surface area contributed by atoms with Gasteiger partial charge in [-0.25, -0.2) is 4.39 Å². The third-order valence-electron chi connectivity index (χ3n) is 5.73. The molecule has 1 atom stereocenters. The van der Waals surface area contributed by atoms with E-state index in [2.05, 4.69) is 6.58 Å². The molecular formula is C21H23Cl2FN2O2. The first-order valence-corrected chi connectivity index (χ1v) is 10.1. The normalized spacial score (nSPS) is 19.0. The Balaban J connectivity index is 1.66. The number of carbonyl (C=O) groups is 2. The Morgan fingerprint density at radius 3 is 2.46 bits per heavy atom. The quantitative estimate of drug-likeness (QED) is 0.662. The number of nitrogens with zero attached hydrogens (tertiary/aromatic N) is 2. The summed E-state index contributed by atoms with van der Waals surface area (Å²) in [4.78, 5) is 28.5. The monoisotopic (exact) mass is 424 g/mol. The van der Waals surface area contributed by atoms with Gasteiger partial charge in [-0.3, -0.25) is 9.59 Å². The van der Waals surface area contributed by atoms with Crippen molar-refractivity contribution < 1.29 is 14.0 Å². The Morgan fingerprint density at radius 1 is 1.21 bits per heavy atom. The molecule has 0 aromatic heterocycles. The Hall–Kier alpha value is -1.85. The van der Waals surface area contributed by atoms with E-state index < -0.39 is 5.92 Å². The molecule has 2 heterocycles. The molecule has 2 fully saturated rings. The summed E-state index contributed by atoms with van der Waals surface area (Å²) in [5, 5.41) is 0. The third kappa shape index (κ3) is 4.58. The van der Waals surface area contributed by atoms with Crippen LogP contribution >= 0.6 is 23.2 Å². The maximum atomic E-state index is 13.7. The molecule has 0 unspecified atom stereocenters. The Morgan fingerprint density at radius 2 is 1.89 bits per heavy atom. The number of hydrogen-bond acceptors (Lipinski definition) is 2. The molecule has 0 radical (unpaired) electrons. The van der Waals surface area contributed by atoms with Crippen LogP contribution in [0.2, 0.25) is 0 Å². The zero-order valence-corrected chi connectivity index (χ0v) is 17.1. The summed E-state index contributed by atoms with van der Waals surface area (Å²) in [6.45, 7) is 6.21. The highest BCUT2D eigenvalue weighted by atomic mass is 35.5. The number of benzene rings is 1. The van der Waals surface area contributed by atoms with Gasteiger partial charge < -0.3 is 9.80 Å². The Bertz CT molecular complexity index is 791. The van der Waals surface area contributed by atoms with Gasteiger partial charge in [-0.05, 0) is 43.0 Å². The summed E-state index contributed by atoms with van der Waals surface area (Å²) in [6.07, 6.45) is 4.93. The van der Waals surface area contributed by atoms with Gasteiger partial charge in [0.2, 0.25) is 11.8 Å². The summed E-state index contributed by atoms with van der Waals surface area (Å²) >= 11 is 11.5. The average molecular weight is 425 g/mol. The summed E-state index contributed by atoms with van der Waals surface area (Å²) in [6, 6.07) is 6.08. The molecule has 1 aromatic rings. The number of rotatable bonds is 5. The molecule has 1 spiro atoms. The van der Waals surface area contributed by atoms with Gasteiger partial charge >= 0.3 is 0 Å². The topological polar surface area (TPSA) is 40.6 Å². The SMILES string of the molecule is C=CC(=O)N1CC2(CCN(C(=O)[C@@H](CC=C(Cl)Cl)c3cccc(F)c3)CC2)C1. The number of likely N-dealkylation sites (tertiary alicyclic amines) is 2. The molecule has 28 heavy (non-hydrogen) atoms. The van der Waals surface area contributed by atoms with Gasteiger partial charge in [-0.2, -0.15) is 0 Å². The molecule has 7 heteroatoms. The second-order valence-electron chi connectivity index (χ2n) is 7.56. The van der Waals surface area contributed by atoms with Crippen molar-refractivity contribution in [3.8, 4) is 0 Å². The number of allylic oxidation sites excluding steroid dienone is 1. The van der Waals surface area contributed by atoms with Crippen molar-refractivity contribution in [1.82, 2.24) is 9.80 Å². The van der Waals surface area contributed by atoms with Gasteiger partial charge in [-0.1, -0.05) is 48.0 Å². The van der Waals surface area contributed by atoms with E-state index >= 15 is 0 Å². The largest absolute Gasteiger partial charge is 0.342 e. The van der Waals surface area contributed by atoms with Gasteiger partial charge in [0.1, 0.15) is 10.3 Å². The summed E-state index contributed by atoms with van der Waals surface area (Å²) in [5.74, 6) is -1.00. The maximum Gasteiger partial charge on any atom is 0.245 e. The van der Waals surface area contributed by atoms with E-state index in [4.69, 9.17) is 23.2 Å². The first-order chi connectivity index (χ1) is 13.3. The smallest absolute Gasteiger partial charge is 0.245 e. The fraction of sp³-hybridized carbons (Fsp3) is 0.429. The lowest BCUT2D eigenvalue weighted by Gasteiger charge is -2.54. The number of halogens is 3. The molecule has 2 saturated heterocycles. The van der Waals surface area contributed by atoms with Crippen LogP contribution in [-0.4, -0.2) is 47.8 Å². The van der Waals surface area contributed by atoms with Crippen LogP contribution in [0.15, 0.2) is 47.5 Å². The minimum absolute atomic E-state index is 0.0416. The van der Waals surface area contributed by atoms with Crippen molar-refractivity contribution in [1.29, 1.82) is 0 Å². The second kappa shape index (κ2) is 8.66. The van der Waals surface area contributed by atoms with Crippen LogP contribution in [0.4, 0.5) is 4.39 Å². The van der Waals surface area contributed by atoms with Crippen LogP contribution < -0.4 is 0 Å². The number of piperidine rings is 1. The molecule has 1 aromatic carbocycles. The molecule has 2 aliphatic heterocycles. The highest BCUT2D eigenvalue weighted by Gasteiger charge is 2.47. The van der Waals surface area contributed by atoms with Crippen LogP contribution in [0.25, 0.3) is 0 Å². The first kappa shape index (κ1) is 20.9. The van der Waals surface area contributed by atoms with Crippen LogP contribution in [0.3, 0.4) is 0 Å². The van der Waals surface area contributed by atoms with Crippen molar-refractivity contribution in [3.05, 3.63) is 58.9 Å². The van der Waals surface area contributed by atoms with Crippen LogP contribution in [0.1, 0.15) is 30.7 Å². The lowest BCUT2D eigenvalue weighted by molar-refractivity contribution is -0.146. The Labute approximate surface area is 174 Å². The van der Waals surface area contributed by atoms with Crippen molar-refractivity contribution in [2.24, 2.45) is 5.41 Å². The van der Waals surface area contributed by atoms with Gasteiger partial charge in [0, 0.05) is 31.6 Å². The molecule has 150 valence electrons. The minimum Gasteiger partial charge on any atom is -0.342 e. The predicted octanol–water partition coefficient (Wildman–Crippen LogP) is 4.26. The molecule has 0 saturated carbocycles. The van der Waals surface area contributed by atoms with Gasteiger partial charge in [0.15, 0.2) is 0 Å². The van der Waals surface area contributed by atoms with E-state index in [-0.39, 0.29) is 27.5 Å². The molecule has 3 rings (SSSR count). The molecule has 4 nitrogen and oxygen atoms in total. The first-order valence-electron chi connectivity index (χ1n) is 9.30. The third-order valence-corrected chi connectivity index (χ3v) is 6.04. The van der Waals surface area contributed by atoms with E-state index in [0.29, 0.717) is 25.1 Å². The van der Waals surface area contributed by atoms with E-state index in [0.717, 1.165) is 25.9 Å². The van der Waals surface area contributed by atoms with E-state index in [1.807, 2.05) is 4.90 Å². The second-order valence-corrected chi connectivity index (χ2v) is 8.57. The van der Waals surface area contributed by atoms with Crippen molar-refractivity contribution in [2.45, 2.75) is 25.2 Å². The van der Waals surface area contributed by atoms with Crippen molar-refractivity contribution in [2.75, 3.05) is 26.2 Å². The molecule has 0 aliphatic carbocycles. The highest BCUT2D eigenvalue weighted by Crippen LogP contribution is 2.41. The zero-order valence-electron chi connectivity index (χ0n) is 15.5. The van der Waals surface area contributed by atoms with E-state index in [9.17, 15) is 14.0 Å². The van der Waals surface area contributed by atoms with E-state index in [1.54, 1.807) is 23.1 Å². The zero-order chi connectivity index (χ0) is 20.3. The number of amides is 2. The van der Waals surface area contributed by atoms with Crippen LogP contribution in [0.5, 0.6) is 0 Å². The van der Waals surface area contributed by atoms with Gasteiger partial charge in [0.25, 0.3) is 0 Å². The average Bonchev–Trinajstić information content (AvgIpc) is 2.65. The van der Waals surface area contributed by atoms with Crippen LogP contribution in [-0.2, 0) is 9.59 Å². The molecule has 2 amide bonds. The number of hydrogen-bond donors (Lipinski definition) is 0. The van der Waals surface area contributed by atoms with E-state index in [1.165, 1.54) is 18.2 Å². The molecule has 0 bridgehead atoms. The van der Waals surface area contributed by atoms with Crippen molar-refractivity contribution >= 4 is 35.0 Å². The lowest BCUT2D eigenvalue weighted by Crippen LogP contribution is -2.62. The highest BCUT2D eigenvalue weighted by molar-refractivity contribution is 6.55. The standard InChI is InChI=1S/C21H23Cl2FN2O2/c1-2-19(27)26-13-21(14-26)8-10-25(11-9-21)20(28)17(6-7-18(22)23)15-4-3-5-16(24)12-15/h2-5,7,12,17H,1,6,8-11,13-14H2/t17-/m0/s1. The van der Waals surface area contributed by atoms with Gasteiger partial charge in [0.05, 0.1) is 5.92 Å². The Kier molecular flexibility index (Phi) is 6.46. The van der Waals surface area contributed by atoms with Crippen molar-refractivity contribution in [3.63, 3.8) is 0 Å². The molecule has 2 aliphatic rings. The molecular weight excluding hydrogens is 402 g/mol. The fourth-order valence-corrected chi connectivity index (χ4v) is 4.27.